The third kappa shape index (κ3) is 3.03. The summed E-state index contributed by atoms with van der Waals surface area (Å²) in [7, 11) is 1.71. The Morgan fingerprint density at radius 1 is 1.62 bits per heavy atom. The van der Waals surface area contributed by atoms with Crippen LogP contribution in [-0.4, -0.2) is 18.1 Å². The number of nitrogens with zero attached hydrogens (tertiary/aromatic N) is 1. The number of thiazole rings is 1. The molecule has 0 aliphatic heterocycles. The van der Waals surface area contributed by atoms with Crippen LogP contribution in [0.5, 0.6) is 0 Å². The van der Waals surface area contributed by atoms with E-state index in [1.807, 2.05) is 0 Å². The van der Waals surface area contributed by atoms with Gasteiger partial charge in [-0.3, -0.25) is 0 Å². The second kappa shape index (κ2) is 5.75. The Balaban J connectivity index is 1.75. The highest BCUT2D eigenvalue weighted by molar-refractivity contribution is 7.09. The van der Waals surface area contributed by atoms with Crippen molar-refractivity contribution in [2.75, 3.05) is 7.11 Å². The van der Waals surface area contributed by atoms with Crippen LogP contribution in [0.2, 0.25) is 0 Å². The number of hydrogen-bond donors (Lipinski definition) is 1. The fourth-order valence-electron chi connectivity index (χ4n) is 1.99. The van der Waals surface area contributed by atoms with Gasteiger partial charge in [0, 0.05) is 25.1 Å². The molecular weight excluding hydrogens is 220 g/mol. The van der Waals surface area contributed by atoms with Crippen LogP contribution < -0.4 is 5.32 Å². The van der Waals surface area contributed by atoms with Gasteiger partial charge in [0.1, 0.15) is 5.01 Å². The summed E-state index contributed by atoms with van der Waals surface area (Å²) in [6, 6.07) is 0.626. The summed E-state index contributed by atoms with van der Waals surface area (Å²) in [5, 5.41) is 6.74. The van der Waals surface area contributed by atoms with E-state index in [1.54, 1.807) is 18.4 Å². The van der Waals surface area contributed by atoms with Gasteiger partial charge < -0.3 is 10.1 Å². The van der Waals surface area contributed by atoms with Crippen LogP contribution in [0.25, 0.3) is 0 Å². The van der Waals surface area contributed by atoms with Gasteiger partial charge in [-0.2, -0.15) is 0 Å². The predicted molar refractivity (Wildman–Crippen MR) is 66.5 cm³/mol. The SMILES string of the molecule is COCc1nc(CNC(C)C2CCC2)cs1. The number of rotatable bonds is 6. The fourth-order valence-corrected chi connectivity index (χ4v) is 2.76. The molecule has 16 heavy (non-hydrogen) atoms. The predicted octanol–water partition coefficient (Wildman–Crippen LogP) is 2.57. The maximum atomic E-state index is 5.06. The summed E-state index contributed by atoms with van der Waals surface area (Å²) < 4.78 is 5.06. The topological polar surface area (TPSA) is 34.1 Å². The molecule has 1 heterocycles. The van der Waals surface area contributed by atoms with Crippen LogP contribution in [0.4, 0.5) is 0 Å². The molecule has 1 N–H and O–H groups in total. The molecule has 1 aromatic rings. The van der Waals surface area contributed by atoms with Crippen molar-refractivity contribution in [2.45, 2.75) is 45.4 Å². The molecule has 1 unspecified atom stereocenters. The van der Waals surface area contributed by atoms with Gasteiger partial charge in [0.05, 0.1) is 12.3 Å². The van der Waals surface area contributed by atoms with Crippen molar-refractivity contribution < 1.29 is 4.74 Å². The van der Waals surface area contributed by atoms with E-state index in [0.29, 0.717) is 12.6 Å². The Bertz CT molecular complexity index is 323. The molecule has 90 valence electrons. The van der Waals surface area contributed by atoms with E-state index < -0.39 is 0 Å². The molecule has 3 nitrogen and oxygen atoms in total. The lowest BCUT2D eigenvalue weighted by molar-refractivity contribution is 0.184. The van der Waals surface area contributed by atoms with Crippen LogP contribution in [-0.2, 0) is 17.9 Å². The molecule has 1 aromatic heterocycles. The Morgan fingerprint density at radius 2 is 2.44 bits per heavy atom. The van der Waals surface area contributed by atoms with E-state index in [2.05, 4.69) is 22.6 Å². The van der Waals surface area contributed by atoms with Crippen LogP contribution in [0.3, 0.4) is 0 Å². The van der Waals surface area contributed by atoms with Crippen molar-refractivity contribution in [3.05, 3.63) is 16.1 Å². The standard InChI is InChI=1S/C12H20N2OS/c1-9(10-4-3-5-10)13-6-11-8-16-12(14-11)7-15-2/h8-10,13H,3-7H2,1-2H3. The average molecular weight is 240 g/mol. The maximum Gasteiger partial charge on any atom is 0.119 e. The first-order valence-corrected chi connectivity index (χ1v) is 6.83. The molecule has 1 aliphatic carbocycles. The van der Waals surface area contributed by atoms with Crippen molar-refractivity contribution in [1.82, 2.24) is 10.3 Å². The Hall–Kier alpha value is -0.450. The van der Waals surface area contributed by atoms with E-state index in [-0.39, 0.29) is 0 Å². The van der Waals surface area contributed by atoms with Gasteiger partial charge in [-0.1, -0.05) is 6.42 Å². The number of ether oxygens (including phenoxy) is 1. The smallest absolute Gasteiger partial charge is 0.119 e. The largest absolute Gasteiger partial charge is 0.378 e. The Morgan fingerprint density at radius 3 is 3.06 bits per heavy atom. The second-order valence-electron chi connectivity index (χ2n) is 4.53. The summed E-state index contributed by atoms with van der Waals surface area (Å²) in [5.74, 6) is 0.886. The van der Waals surface area contributed by atoms with E-state index in [9.17, 15) is 0 Å². The molecule has 0 saturated heterocycles. The fraction of sp³-hybridized carbons (Fsp3) is 0.750. The first kappa shape index (κ1) is 12.0. The summed E-state index contributed by atoms with van der Waals surface area (Å²) in [6.07, 6.45) is 4.19. The Kier molecular flexibility index (Phi) is 4.32. The van der Waals surface area contributed by atoms with Crippen LogP contribution in [0.1, 0.15) is 36.9 Å². The minimum absolute atomic E-state index is 0.626. The van der Waals surface area contributed by atoms with Gasteiger partial charge in [0.15, 0.2) is 0 Å². The minimum Gasteiger partial charge on any atom is -0.378 e. The maximum absolute atomic E-state index is 5.06. The molecule has 1 aliphatic rings. The van der Waals surface area contributed by atoms with Crippen molar-refractivity contribution >= 4 is 11.3 Å². The first-order chi connectivity index (χ1) is 7.79. The molecule has 2 rings (SSSR count). The summed E-state index contributed by atoms with van der Waals surface area (Å²) in [5.41, 5.74) is 1.14. The first-order valence-electron chi connectivity index (χ1n) is 5.95. The lowest BCUT2D eigenvalue weighted by Gasteiger charge is -2.31. The molecule has 0 amide bonds. The lowest BCUT2D eigenvalue weighted by atomic mass is 9.80. The van der Waals surface area contributed by atoms with Crippen LogP contribution >= 0.6 is 11.3 Å². The van der Waals surface area contributed by atoms with Gasteiger partial charge in [0.2, 0.25) is 0 Å². The molecule has 0 bridgehead atoms. The number of hydrogen-bond acceptors (Lipinski definition) is 4. The lowest BCUT2D eigenvalue weighted by Crippen LogP contribution is -2.36. The quantitative estimate of drug-likeness (QED) is 0.830. The molecule has 0 aromatic carbocycles. The summed E-state index contributed by atoms with van der Waals surface area (Å²) in [4.78, 5) is 4.51. The number of nitrogens with one attached hydrogen (secondary N) is 1. The van der Waals surface area contributed by atoms with E-state index in [1.165, 1.54) is 19.3 Å². The summed E-state index contributed by atoms with van der Waals surface area (Å²) >= 11 is 1.68. The third-order valence-electron chi connectivity index (χ3n) is 3.33. The summed E-state index contributed by atoms with van der Waals surface area (Å²) in [6.45, 7) is 3.80. The van der Waals surface area contributed by atoms with E-state index in [0.717, 1.165) is 23.2 Å². The normalized spacial score (nSPS) is 18.4. The van der Waals surface area contributed by atoms with Crippen LogP contribution in [0, 0.1) is 5.92 Å². The van der Waals surface area contributed by atoms with Gasteiger partial charge in [-0.05, 0) is 25.7 Å². The van der Waals surface area contributed by atoms with E-state index >= 15 is 0 Å². The molecule has 0 radical (unpaired) electrons. The Labute approximate surface area is 101 Å². The molecule has 1 saturated carbocycles. The average Bonchev–Trinajstić information content (AvgIpc) is 2.61. The third-order valence-corrected chi connectivity index (χ3v) is 4.20. The zero-order valence-corrected chi connectivity index (χ0v) is 10.8. The zero-order chi connectivity index (χ0) is 11.4. The van der Waals surface area contributed by atoms with Gasteiger partial charge in [-0.15, -0.1) is 11.3 Å². The van der Waals surface area contributed by atoms with Crippen molar-refractivity contribution in [3.63, 3.8) is 0 Å². The second-order valence-corrected chi connectivity index (χ2v) is 5.47. The van der Waals surface area contributed by atoms with Gasteiger partial charge in [-0.25, -0.2) is 4.98 Å². The van der Waals surface area contributed by atoms with E-state index in [4.69, 9.17) is 4.74 Å². The van der Waals surface area contributed by atoms with Crippen molar-refractivity contribution in [1.29, 1.82) is 0 Å². The highest BCUT2D eigenvalue weighted by Crippen LogP contribution is 2.29. The van der Waals surface area contributed by atoms with Crippen molar-refractivity contribution in [2.24, 2.45) is 5.92 Å². The zero-order valence-electron chi connectivity index (χ0n) is 10.0. The number of methoxy groups -OCH3 is 1. The van der Waals surface area contributed by atoms with Crippen LogP contribution in [0.15, 0.2) is 5.38 Å². The highest BCUT2D eigenvalue weighted by Gasteiger charge is 2.23. The van der Waals surface area contributed by atoms with Gasteiger partial charge >= 0.3 is 0 Å². The molecule has 1 fully saturated rings. The molecule has 1 atom stereocenters. The molecular formula is C12H20N2OS. The number of aromatic nitrogens is 1. The minimum atomic E-state index is 0.626. The monoisotopic (exact) mass is 240 g/mol. The van der Waals surface area contributed by atoms with Crippen molar-refractivity contribution in [3.8, 4) is 0 Å². The molecule has 4 heteroatoms. The highest BCUT2D eigenvalue weighted by atomic mass is 32.1. The van der Waals surface area contributed by atoms with Gasteiger partial charge in [0.25, 0.3) is 0 Å². The molecule has 0 spiro atoms.